The van der Waals surface area contributed by atoms with Crippen LogP contribution in [-0.4, -0.2) is 42.0 Å². The molecule has 0 radical (unpaired) electrons. The molecule has 146 valence electrons. The van der Waals surface area contributed by atoms with Gasteiger partial charge in [-0.3, -0.25) is 15.1 Å². The zero-order valence-electron chi connectivity index (χ0n) is 15.0. The highest BCUT2D eigenvalue weighted by Gasteiger charge is 2.53. The van der Waals surface area contributed by atoms with Crippen molar-refractivity contribution in [2.75, 3.05) is 20.3 Å². The van der Waals surface area contributed by atoms with Gasteiger partial charge in [0.05, 0.1) is 12.5 Å². The van der Waals surface area contributed by atoms with Crippen LogP contribution in [0.25, 0.3) is 0 Å². The minimum atomic E-state index is -1.18. The Morgan fingerprint density at radius 3 is 3.07 bits per heavy atom. The summed E-state index contributed by atoms with van der Waals surface area (Å²) >= 11 is 6.09. The summed E-state index contributed by atoms with van der Waals surface area (Å²) in [6.45, 7) is 0.451. The highest BCUT2D eigenvalue weighted by atomic mass is 35.5. The minimum Gasteiger partial charge on any atom is -0.438 e. The molecule has 0 aliphatic carbocycles. The topological polar surface area (TPSA) is 87.5 Å². The maximum absolute atomic E-state index is 14.9. The van der Waals surface area contributed by atoms with Gasteiger partial charge in [0.25, 0.3) is 0 Å². The summed E-state index contributed by atoms with van der Waals surface area (Å²) in [5, 5.41) is 11.4. The molecule has 2 saturated heterocycles. The maximum Gasteiger partial charge on any atom is 0.238 e. The number of carbonyl (C=O) groups excluding carboxylic acids is 1. The number of hydrogen-bond donors (Lipinski definition) is 2. The second-order valence-corrected chi connectivity index (χ2v) is 7.18. The van der Waals surface area contributed by atoms with Gasteiger partial charge in [0, 0.05) is 25.4 Å². The van der Waals surface area contributed by atoms with E-state index in [0.717, 1.165) is 0 Å². The lowest BCUT2D eigenvalue weighted by Crippen LogP contribution is -2.68. The molecule has 9 heteroatoms. The van der Waals surface area contributed by atoms with E-state index in [0.29, 0.717) is 23.8 Å². The van der Waals surface area contributed by atoms with Crippen LogP contribution in [0.4, 0.5) is 4.39 Å². The van der Waals surface area contributed by atoms with Crippen molar-refractivity contribution in [2.45, 2.75) is 12.0 Å². The van der Waals surface area contributed by atoms with Gasteiger partial charge in [0.2, 0.25) is 11.8 Å². The number of amides is 1. The van der Waals surface area contributed by atoms with E-state index in [1.807, 2.05) is 0 Å². The molecule has 2 N–H and O–H groups in total. The summed E-state index contributed by atoms with van der Waals surface area (Å²) in [7, 11) is 1.52. The molecular weight excluding hydrogens is 387 g/mol. The quantitative estimate of drug-likeness (QED) is 0.821. The molecular formula is C19H18ClFN4O3. The fourth-order valence-electron chi connectivity index (χ4n) is 3.68. The highest BCUT2D eigenvalue weighted by molar-refractivity contribution is 6.31. The highest BCUT2D eigenvalue weighted by Crippen LogP contribution is 2.42. The van der Waals surface area contributed by atoms with E-state index in [1.165, 1.54) is 36.3 Å². The Hall–Kier alpha value is -2.71. The molecule has 28 heavy (non-hydrogen) atoms. The van der Waals surface area contributed by atoms with Gasteiger partial charge in [0.15, 0.2) is 5.96 Å². The summed E-state index contributed by atoms with van der Waals surface area (Å²) in [5.41, 5.74) is -0.982. The number of ether oxygens (including phenoxy) is 2. The number of nitrogens with one attached hydrogen (secondary N) is 2. The lowest BCUT2D eigenvalue weighted by atomic mass is 9.73. The number of guanidine groups is 1. The zero-order chi connectivity index (χ0) is 19.9. The van der Waals surface area contributed by atoms with E-state index in [1.54, 1.807) is 12.1 Å². The zero-order valence-corrected chi connectivity index (χ0v) is 15.8. The predicted octanol–water partition coefficient (Wildman–Crippen LogP) is 2.89. The van der Waals surface area contributed by atoms with Gasteiger partial charge in [-0.15, -0.1) is 0 Å². The Labute approximate surface area is 165 Å². The van der Waals surface area contributed by atoms with Crippen molar-refractivity contribution >= 4 is 23.5 Å². The Morgan fingerprint density at radius 1 is 1.46 bits per heavy atom. The maximum atomic E-state index is 14.9. The van der Waals surface area contributed by atoms with E-state index in [-0.39, 0.29) is 29.9 Å². The number of nitrogens with zero attached hydrogens (tertiary/aromatic N) is 2. The minimum absolute atomic E-state index is 0.0599. The van der Waals surface area contributed by atoms with E-state index >= 15 is 0 Å². The molecule has 2 aliphatic rings. The number of rotatable bonds is 3. The Morgan fingerprint density at radius 2 is 2.29 bits per heavy atom. The second kappa shape index (κ2) is 7.03. The SMILES string of the molecule is CN1C(=N)N[C@@]2(c3cc(Oc4ncccc4Cl)ccc3F)COCC[C@H]2C1=O. The van der Waals surface area contributed by atoms with Crippen molar-refractivity contribution in [1.82, 2.24) is 15.2 Å². The summed E-state index contributed by atoms with van der Waals surface area (Å²) in [5.74, 6) is -0.932. The van der Waals surface area contributed by atoms with Gasteiger partial charge in [-0.1, -0.05) is 11.6 Å². The number of halogens is 2. The lowest BCUT2D eigenvalue weighted by molar-refractivity contribution is -0.143. The second-order valence-electron chi connectivity index (χ2n) is 6.77. The molecule has 1 aromatic heterocycles. The molecule has 3 heterocycles. The van der Waals surface area contributed by atoms with Gasteiger partial charge >= 0.3 is 0 Å². The third-order valence-electron chi connectivity index (χ3n) is 5.14. The third-order valence-corrected chi connectivity index (χ3v) is 5.43. The predicted molar refractivity (Wildman–Crippen MR) is 100.0 cm³/mol. The molecule has 1 amide bonds. The number of carbonyl (C=O) groups is 1. The van der Waals surface area contributed by atoms with Crippen LogP contribution in [0.15, 0.2) is 36.5 Å². The van der Waals surface area contributed by atoms with E-state index in [9.17, 15) is 9.18 Å². The number of hydrogen-bond acceptors (Lipinski definition) is 5. The summed E-state index contributed by atoms with van der Waals surface area (Å²) in [6, 6.07) is 7.53. The van der Waals surface area contributed by atoms with Gasteiger partial charge in [-0.05, 0) is 36.8 Å². The van der Waals surface area contributed by atoms with Gasteiger partial charge < -0.3 is 14.8 Å². The third kappa shape index (κ3) is 2.98. The van der Waals surface area contributed by atoms with Crippen molar-refractivity contribution in [2.24, 2.45) is 5.92 Å². The standard InChI is InChI=1S/C19H18ClFN4O3/c1-25-17(26)12-6-8-27-10-19(12,24-18(25)22)13-9-11(4-5-15(13)21)28-16-14(20)3-2-7-23-16/h2-5,7,9,12H,6,8,10H2,1H3,(H2,22,24)/t12-,19-/m0/s1. The molecule has 2 aromatic rings. The Kier molecular flexibility index (Phi) is 4.68. The molecule has 2 atom stereocenters. The monoisotopic (exact) mass is 404 g/mol. The van der Waals surface area contributed by atoms with Crippen LogP contribution in [-0.2, 0) is 15.1 Å². The summed E-state index contributed by atoms with van der Waals surface area (Å²) in [4.78, 5) is 18.1. The first-order valence-electron chi connectivity index (χ1n) is 8.73. The first-order chi connectivity index (χ1) is 13.4. The molecule has 7 nitrogen and oxygen atoms in total. The van der Waals surface area contributed by atoms with E-state index in [4.69, 9.17) is 26.5 Å². The van der Waals surface area contributed by atoms with Crippen LogP contribution in [0.1, 0.15) is 12.0 Å². The smallest absolute Gasteiger partial charge is 0.238 e. The van der Waals surface area contributed by atoms with Gasteiger partial charge in [0.1, 0.15) is 22.1 Å². The van der Waals surface area contributed by atoms with E-state index in [2.05, 4.69) is 10.3 Å². The first kappa shape index (κ1) is 18.6. The van der Waals surface area contributed by atoms with E-state index < -0.39 is 17.3 Å². The molecule has 0 saturated carbocycles. The van der Waals surface area contributed by atoms with Crippen molar-refractivity contribution < 1.29 is 18.7 Å². The van der Waals surface area contributed by atoms with Gasteiger partial charge in [-0.25, -0.2) is 9.37 Å². The van der Waals surface area contributed by atoms with Crippen molar-refractivity contribution in [3.8, 4) is 11.6 Å². The molecule has 2 fully saturated rings. The normalized spacial score (nSPS) is 24.5. The van der Waals surface area contributed by atoms with Crippen molar-refractivity contribution in [3.05, 3.63) is 52.9 Å². The number of fused-ring (bicyclic) bond motifs is 1. The Balaban J connectivity index is 1.77. The van der Waals surface area contributed by atoms with Crippen LogP contribution in [0.2, 0.25) is 5.02 Å². The molecule has 0 bridgehead atoms. The van der Waals surface area contributed by atoms with Crippen LogP contribution in [0, 0.1) is 17.1 Å². The van der Waals surface area contributed by atoms with Crippen LogP contribution in [0.5, 0.6) is 11.6 Å². The summed E-state index contributed by atoms with van der Waals surface area (Å²) < 4.78 is 26.2. The van der Waals surface area contributed by atoms with Gasteiger partial charge in [-0.2, -0.15) is 0 Å². The lowest BCUT2D eigenvalue weighted by Gasteiger charge is -2.49. The number of aromatic nitrogens is 1. The van der Waals surface area contributed by atoms with Crippen molar-refractivity contribution in [1.29, 1.82) is 5.41 Å². The van der Waals surface area contributed by atoms with Crippen LogP contribution < -0.4 is 10.1 Å². The Bertz CT molecular complexity index is 957. The number of benzene rings is 1. The van der Waals surface area contributed by atoms with Crippen LogP contribution >= 0.6 is 11.6 Å². The fourth-order valence-corrected chi connectivity index (χ4v) is 3.84. The average Bonchev–Trinajstić information content (AvgIpc) is 2.69. The molecule has 1 aromatic carbocycles. The first-order valence-corrected chi connectivity index (χ1v) is 9.10. The largest absolute Gasteiger partial charge is 0.438 e. The fraction of sp³-hybridized carbons (Fsp3) is 0.316. The molecule has 0 spiro atoms. The number of pyridine rings is 1. The molecule has 4 rings (SSSR count). The summed E-state index contributed by atoms with van der Waals surface area (Å²) in [6.07, 6.45) is 1.95. The molecule has 2 aliphatic heterocycles. The van der Waals surface area contributed by atoms with Crippen molar-refractivity contribution in [3.63, 3.8) is 0 Å². The van der Waals surface area contributed by atoms with Crippen LogP contribution in [0.3, 0.4) is 0 Å². The average molecular weight is 405 g/mol. The molecule has 0 unspecified atom stereocenters.